The van der Waals surface area contributed by atoms with Crippen LogP contribution in [0.3, 0.4) is 0 Å². The molecule has 1 N–H and O–H groups in total. The molecule has 2 atom stereocenters. The average Bonchev–Trinajstić information content (AvgIpc) is 2.84. The summed E-state index contributed by atoms with van der Waals surface area (Å²) >= 11 is 5.98. The van der Waals surface area contributed by atoms with E-state index in [0.29, 0.717) is 13.0 Å². The number of β-amino-alcohol motifs (C(OH)–C–C–N with tert-alkyl or cyclic N) is 1. The normalized spacial score (nSPS) is 24.7. The SMILES string of the molecule is CN(C)CC1CC(O)CN1S(=O)(=O)c1ncn(C)c1Cl. The molecule has 1 aliphatic heterocycles. The van der Waals surface area contributed by atoms with Gasteiger partial charge in [0.25, 0.3) is 10.0 Å². The van der Waals surface area contributed by atoms with E-state index < -0.39 is 16.1 Å². The maximum Gasteiger partial charge on any atom is 0.264 e. The minimum Gasteiger partial charge on any atom is -0.392 e. The van der Waals surface area contributed by atoms with Crippen molar-refractivity contribution in [2.45, 2.75) is 23.6 Å². The first-order valence-corrected chi connectivity index (χ1v) is 8.06. The van der Waals surface area contributed by atoms with Gasteiger partial charge < -0.3 is 14.6 Å². The lowest BCUT2D eigenvalue weighted by Crippen LogP contribution is -2.41. The molecular formula is C11H19ClN4O3S. The van der Waals surface area contributed by atoms with Gasteiger partial charge in [0.2, 0.25) is 5.03 Å². The second-order valence-corrected chi connectivity index (χ2v) is 7.50. The Balaban J connectivity index is 2.35. The van der Waals surface area contributed by atoms with Gasteiger partial charge in [-0.2, -0.15) is 4.31 Å². The Morgan fingerprint density at radius 3 is 2.70 bits per heavy atom. The zero-order valence-electron chi connectivity index (χ0n) is 11.7. The van der Waals surface area contributed by atoms with Gasteiger partial charge in [0.1, 0.15) is 5.15 Å². The van der Waals surface area contributed by atoms with Crippen LogP contribution in [0, 0.1) is 0 Å². The number of halogens is 1. The predicted molar refractivity (Wildman–Crippen MR) is 75.1 cm³/mol. The molecule has 0 aromatic carbocycles. The highest BCUT2D eigenvalue weighted by Crippen LogP contribution is 2.29. The highest BCUT2D eigenvalue weighted by atomic mass is 35.5. The number of aliphatic hydroxyl groups excluding tert-OH is 1. The number of aromatic nitrogens is 2. The molecule has 1 aromatic heterocycles. The highest BCUT2D eigenvalue weighted by Gasteiger charge is 2.41. The maximum absolute atomic E-state index is 12.6. The quantitative estimate of drug-likeness (QED) is 0.827. The van der Waals surface area contributed by atoms with Crippen molar-refractivity contribution in [1.29, 1.82) is 0 Å². The fraction of sp³-hybridized carbons (Fsp3) is 0.727. The topological polar surface area (TPSA) is 78.7 Å². The Hall–Kier alpha value is -0.670. The van der Waals surface area contributed by atoms with Crippen LogP contribution in [0.1, 0.15) is 6.42 Å². The van der Waals surface area contributed by atoms with Gasteiger partial charge in [-0.05, 0) is 20.5 Å². The average molecular weight is 323 g/mol. The second kappa shape index (κ2) is 5.61. The van der Waals surface area contributed by atoms with Gasteiger partial charge >= 0.3 is 0 Å². The Morgan fingerprint density at radius 1 is 1.55 bits per heavy atom. The number of nitrogens with zero attached hydrogens (tertiary/aromatic N) is 4. The first kappa shape index (κ1) is 15.7. The molecular weight excluding hydrogens is 304 g/mol. The van der Waals surface area contributed by atoms with E-state index >= 15 is 0 Å². The van der Waals surface area contributed by atoms with E-state index in [2.05, 4.69) is 4.98 Å². The van der Waals surface area contributed by atoms with E-state index in [1.165, 1.54) is 15.2 Å². The summed E-state index contributed by atoms with van der Waals surface area (Å²) in [6.07, 6.45) is 1.13. The van der Waals surface area contributed by atoms with Gasteiger partial charge in [0, 0.05) is 26.2 Å². The van der Waals surface area contributed by atoms with E-state index in [-0.39, 0.29) is 22.8 Å². The monoisotopic (exact) mass is 322 g/mol. The molecule has 1 aliphatic rings. The third kappa shape index (κ3) is 2.84. The largest absolute Gasteiger partial charge is 0.392 e. The van der Waals surface area contributed by atoms with Crippen LogP contribution < -0.4 is 0 Å². The molecule has 1 fully saturated rings. The van der Waals surface area contributed by atoms with Crippen LogP contribution in [0.2, 0.25) is 5.15 Å². The number of sulfonamides is 1. The van der Waals surface area contributed by atoms with Crippen LogP contribution >= 0.6 is 11.6 Å². The van der Waals surface area contributed by atoms with Crippen molar-refractivity contribution in [3.8, 4) is 0 Å². The van der Waals surface area contributed by atoms with Gasteiger partial charge in [0.05, 0.1) is 12.4 Å². The van der Waals surface area contributed by atoms with Gasteiger partial charge in [-0.15, -0.1) is 0 Å². The van der Waals surface area contributed by atoms with Gasteiger partial charge in [-0.3, -0.25) is 0 Å². The van der Waals surface area contributed by atoms with Crippen molar-refractivity contribution in [3.63, 3.8) is 0 Å². The molecule has 0 amide bonds. The molecule has 2 heterocycles. The molecule has 0 spiro atoms. The molecule has 114 valence electrons. The lowest BCUT2D eigenvalue weighted by Gasteiger charge is -2.25. The number of aliphatic hydroxyl groups is 1. The van der Waals surface area contributed by atoms with E-state index in [4.69, 9.17) is 11.6 Å². The minimum atomic E-state index is -3.79. The number of rotatable bonds is 4. The summed E-state index contributed by atoms with van der Waals surface area (Å²) in [5.41, 5.74) is 0. The maximum atomic E-state index is 12.6. The first-order valence-electron chi connectivity index (χ1n) is 6.25. The summed E-state index contributed by atoms with van der Waals surface area (Å²) in [6.45, 7) is 0.620. The van der Waals surface area contributed by atoms with Crippen LogP contribution in [0.25, 0.3) is 0 Å². The molecule has 0 bridgehead atoms. The summed E-state index contributed by atoms with van der Waals surface area (Å²) in [5.74, 6) is 0. The Bertz CT molecular complexity index is 586. The van der Waals surface area contributed by atoms with E-state index in [1.807, 2.05) is 19.0 Å². The number of hydrogen-bond donors (Lipinski definition) is 1. The number of likely N-dealkylation sites (N-methyl/N-ethyl adjacent to an activating group) is 1. The van der Waals surface area contributed by atoms with Crippen molar-refractivity contribution in [3.05, 3.63) is 11.5 Å². The highest BCUT2D eigenvalue weighted by molar-refractivity contribution is 7.89. The molecule has 7 nitrogen and oxygen atoms in total. The van der Waals surface area contributed by atoms with Crippen LogP contribution in [0.15, 0.2) is 11.4 Å². The lowest BCUT2D eigenvalue weighted by molar-refractivity contribution is 0.188. The standard InChI is InChI=1S/C11H19ClN4O3S/c1-14(2)5-8-4-9(17)6-16(8)20(18,19)11-10(12)15(3)7-13-11/h7-9,17H,4-6H2,1-3H3. The molecule has 1 aromatic rings. The van der Waals surface area contributed by atoms with Crippen LogP contribution in [-0.4, -0.2) is 71.6 Å². The van der Waals surface area contributed by atoms with Gasteiger partial charge in [-0.1, -0.05) is 11.6 Å². The number of aryl methyl sites for hydroxylation is 1. The van der Waals surface area contributed by atoms with E-state index in [1.54, 1.807) is 7.05 Å². The predicted octanol–water partition coefficient (Wildman–Crippen LogP) is -0.241. The van der Waals surface area contributed by atoms with Crippen molar-refractivity contribution in [2.24, 2.45) is 7.05 Å². The Morgan fingerprint density at radius 2 is 2.20 bits per heavy atom. The van der Waals surface area contributed by atoms with Crippen LogP contribution in [0.4, 0.5) is 0 Å². The molecule has 9 heteroatoms. The summed E-state index contributed by atoms with van der Waals surface area (Å²) in [4.78, 5) is 5.77. The molecule has 0 radical (unpaired) electrons. The van der Waals surface area contributed by atoms with E-state index in [9.17, 15) is 13.5 Å². The second-order valence-electron chi connectivity index (χ2n) is 5.33. The van der Waals surface area contributed by atoms with Crippen molar-refractivity contribution < 1.29 is 13.5 Å². The number of hydrogen-bond acceptors (Lipinski definition) is 5. The molecule has 2 unspecified atom stereocenters. The molecule has 0 aliphatic carbocycles. The molecule has 0 saturated carbocycles. The minimum absolute atomic E-state index is 0.0771. The fourth-order valence-electron chi connectivity index (χ4n) is 2.42. The Kier molecular flexibility index (Phi) is 4.41. The summed E-state index contributed by atoms with van der Waals surface area (Å²) < 4.78 is 28.0. The number of imidazole rings is 1. The van der Waals surface area contributed by atoms with Crippen molar-refractivity contribution >= 4 is 21.6 Å². The summed E-state index contributed by atoms with van der Waals surface area (Å²) in [7, 11) is 1.56. The molecule has 20 heavy (non-hydrogen) atoms. The smallest absolute Gasteiger partial charge is 0.264 e. The van der Waals surface area contributed by atoms with Gasteiger partial charge in [0.15, 0.2) is 0 Å². The van der Waals surface area contributed by atoms with Crippen molar-refractivity contribution in [2.75, 3.05) is 27.2 Å². The summed E-state index contributed by atoms with van der Waals surface area (Å²) in [5, 5.41) is 9.71. The van der Waals surface area contributed by atoms with Gasteiger partial charge in [-0.25, -0.2) is 13.4 Å². The lowest BCUT2D eigenvalue weighted by atomic mass is 10.2. The zero-order valence-corrected chi connectivity index (χ0v) is 13.3. The van der Waals surface area contributed by atoms with Crippen molar-refractivity contribution in [1.82, 2.24) is 18.8 Å². The first-order chi connectivity index (χ1) is 9.23. The molecule has 1 saturated heterocycles. The third-order valence-electron chi connectivity index (χ3n) is 3.31. The van der Waals surface area contributed by atoms with Crippen LogP contribution in [-0.2, 0) is 17.1 Å². The Labute approximate surface area is 123 Å². The third-order valence-corrected chi connectivity index (χ3v) is 5.72. The summed E-state index contributed by atoms with van der Waals surface area (Å²) in [6, 6.07) is -0.275. The zero-order chi connectivity index (χ0) is 15.1. The van der Waals surface area contributed by atoms with Crippen LogP contribution in [0.5, 0.6) is 0 Å². The fourth-order valence-corrected chi connectivity index (χ4v) is 4.48. The molecule has 2 rings (SSSR count). The van der Waals surface area contributed by atoms with E-state index in [0.717, 1.165) is 0 Å².